The Morgan fingerprint density at radius 3 is 2.27 bits per heavy atom. The maximum atomic E-state index is 12.9. The normalized spacial score (nSPS) is 10.2. The summed E-state index contributed by atoms with van der Waals surface area (Å²) in [6.45, 7) is 0. The number of hydrogen-bond donors (Lipinski definition) is 1. The van der Waals surface area contributed by atoms with E-state index in [-0.39, 0.29) is 14.8 Å². The van der Waals surface area contributed by atoms with Gasteiger partial charge in [-0.25, -0.2) is 9.37 Å². The van der Waals surface area contributed by atoms with E-state index in [9.17, 15) is 4.39 Å². The highest BCUT2D eigenvalue weighted by molar-refractivity contribution is 9.11. The first-order valence-electron chi connectivity index (χ1n) is 2.49. The Balaban J connectivity index is 3.46. The summed E-state index contributed by atoms with van der Waals surface area (Å²) >= 11 is 8.98. The van der Waals surface area contributed by atoms with Gasteiger partial charge in [0.05, 0.1) is 10.2 Å². The van der Waals surface area contributed by atoms with Gasteiger partial charge in [0.25, 0.3) is 0 Å². The Hall–Kier alpha value is 0.320. The molecule has 0 unspecified atom stereocenters. The van der Waals surface area contributed by atoms with Crippen LogP contribution in [0.5, 0.6) is 0 Å². The number of hydrogen-bond acceptors (Lipinski definition) is 2. The molecule has 0 saturated heterocycles. The molecule has 0 aromatic carbocycles. The molecule has 0 aliphatic carbocycles. The lowest BCUT2D eigenvalue weighted by molar-refractivity contribution is 0.606. The van der Waals surface area contributed by atoms with Crippen LogP contribution in [0.3, 0.4) is 0 Å². The summed E-state index contributed by atoms with van der Waals surface area (Å²) in [7, 11) is 0. The summed E-state index contributed by atoms with van der Waals surface area (Å²) in [5.74, 6) is -0.495. The van der Waals surface area contributed by atoms with Gasteiger partial charge in [-0.05, 0) is 47.8 Å². The fourth-order valence-corrected chi connectivity index (χ4v) is 2.39. The van der Waals surface area contributed by atoms with Crippen molar-refractivity contribution in [2.75, 3.05) is 5.73 Å². The number of pyridine rings is 1. The lowest BCUT2D eigenvalue weighted by atomic mass is 10.4. The Bertz CT molecular complexity index is 276. The van der Waals surface area contributed by atoms with E-state index in [1.165, 1.54) is 0 Å². The van der Waals surface area contributed by atoms with Gasteiger partial charge in [0.2, 0.25) is 0 Å². The first kappa shape index (κ1) is 9.41. The number of rotatable bonds is 0. The van der Waals surface area contributed by atoms with Gasteiger partial charge in [-0.3, -0.25) is 0 Å². The van der Waals surface area contributed by atoms with E-state index in [1.54, 1.807) is 0 Å². The van der Waals surface area contributed by atoms with E-state index in [0.29, 0.717) is 4.60 Å². The minimum Gasteiger partial charge on any atom is -0.396 e. The number of nitrogens with zero attached hydrogens (tertiary/aromatic N) is 1. The molecule has 60 valence electrons. The standard InChI is InChI=1S/C5H2Br3FN2/c6-1-2(9)4(7)11-5(8)3(1)10/h10H2. The van der Waals surface area contributed by atoms with Gasteiger partial charge in [-0.15, -0.1) is 0 Å². The molecule has 1 rings (SSSR count). The average molecular weight is 349 g/mol. The van der Waals surface area contributed by atoms with Crippen LogP contribution in [0, 0.1) is 5.82 Å². The lowest BCUT2D eigenvalue weighted by Gasteiger charge is -2.02. The van der Waals surface area contributed by atoms with Crippen LogP contribution in [0.25, 0.3) is 0 Å². The van der Waals surface area contributed by atoms with Crippen molar-refractivity contribution in [3.05, 3.63) is 19.5 Å². The van der Waals surface area contributed by atoms with Crippen LogP contribution in [0.15, 0.2) is 13.7 Å². The third-order valence-electron chi connectivity index (χ3n) is 1.03. The molecular weight excluding hydrogens is 347 g/mol. The highest BCUT2D eigenvalue weighted by Gasteiger charge is 2.12. The van der Waals surface area contributed by atoms with Crippen molar-refractivity contribution in [3.63, 3.8) is 0 Å². The smallest absolute Gasteiger partial charge is 0.172 e. The van der Waals surface area contributed by atoms with E-state index in [2.05, 4.69) is 52.8 Å². The lowest BCUT2D eigenvalue weighted by Crippen LogP contribution is -1.95. The third-order valence-corrected chi connectivity index (χ3v) is 2.93. The number of aromatic nitrogens is 1. The Labute approximate surface area is 87.8 Å². The van der Waals surface area contributed by atoms with Crippen LogP contribution in [0.1, 0.15) is 0 Å². The fraction of sp³-hybridized carbons (Fsp3) is 0. The monoisotopic (exact) mass is 346 g/mol. The van der Waals surface area contributed by atoms with Gasteiger partial charge in [0, 0.05) is 0 Å². The molecule has 1 aromatic heterocycles. The highest BCUT2D eigenvalue weighted by atomic mass is 79.9. The molecule has 0 amide bonds. The molecule has 0 atom stereocenters. The topological polar surface area (TPSA) is 38.9 Å². The molecule has 0 bridgehead atoms. The van der Waals surface area contributed by atoms with Crippen LogP contribution < -0.4 is 5.73 Å². The highest BCUT2D eigenvalue weighted by Crippen LogP contribution is 2.32. The average Bonchev–Trinajstić information content (AvgIpc) is 1.97. The largest absolute Gasteiger partial charge is 0.396 e. The van der Waals surface area contributed by atoms with Crippen molar-refractivity contribution < 1.29 is 4.39 Å². The molecule has 0 saturated carbocycles. The molecule has 0 radical (unpaired) electrons. The third kappa shape index (κ3) is 1.73. The van der Waals surface area contributed by atoms with Gasteiger partial charge in [0.15, 0.2) is 5.82 Å². The van der Waals surface area contributed by atoms with Crippen LogP contribution >= 0.6 is 47.8 Å². The molecule has 1 aromatic rings. The van der Waals surface area contributed by atoms with Gasteiger partial charge in [0.1, 0.15) is 9.21 Å². The summed E-state index contributed by atoms with van der Waals surface area (Å²) in [5, 5.41) is 0. The van der Waals surface area contributed by atoms with E-state index in [1.807, 2.05) is 0 Å². The van der Waals surface area contributed by atoms with E-state index in [0.717, 1.165) is 0 Å². The molecule has 2 nitrogen and oxygen atoms in total. The molecule has 0 aliphatic rings. The second kappa shape index (κ2) is 3.37. The Kier molecular flexibility index (Phi) is 2.88. The van der Waals surface area contributed by atoms with Gasteiger partial charge in [-0.1, -0.05) is 0 Å². The zero-order valence-electron chi connectivity index (χ0n) is 5.04. The molecule has 0 spiro atoms. The number of anilines is 1. The van der Waals surface area contributed by atoms with E-state index in [4.69, 9.17) is 5.73 Å². The van der Waals surface area contributed by atoms with Crippen molar-refractivity contribution in [3.8, 4) is 0 Å². The number of halogens is 4. The fourth-order valence-electron chi connectivity index (χ4n) is 0.495. The number of nitrogens with two attached hydrogens (primary N) is 1. The maximum absolute atomic E-state index is 12.9. The first-order chi connectivity index (χ1) is 5.04. The van der Waals surface area contributed by atoms with Crippen molar-refractivity contribution in [1.82, 2.24) is 4.98 Å². The molecule has 11 heavy (non-hydrogen) atoms. The van der Waals surface area contributed by atoms with Gasteiger partial charge >= 0.3 is 0 Å². The zero-order valence-corrected chi connectivity index (χ0v) is 9.79. The van der Waals surface area contributed by atoms with Crippen LogP contribution in [0.4, 0.5) is 10.1 Å². The second-order valence-corrected chi connectivity index (χ2v) is 4.03. The first-order valence-corrected chi connectivity index (χ1v) is 4.87. The second-order valence-electron chi connectivity index (χ2n) is 1.74. The van der Waals surface area contributed by atoms with Crippen molar-refractivity contribution in [1.29, 1.82) is 0 Å². The van der Waals surface area contributed by atoms with Gasteiger partial charge < -0.3 is 5.73 Å². The Morgan fingerprint density at radius 2 is 1.73 bits per heavy atom. The maximum Gasteiger partial charge on any atom is 0.172 e. The van der Waals surface area contributed by atoms with Crippen LogP contribution in [-0.4, -0.2) is 4.98 Å². The summed E-state index contributed by atoms with van der Waals surface area (Å²) in [6, 6.07) is 0. The summed E-state index contributed by atoms with van der Waals surface area (Å²) in [5.41, 5.74) is 5.69. The molecule has 0 aliphatic heterocycles. The summed E-state index contributed by atoms with van der Waals surface area (Å²) in [6.07, 6.45) is 0. The Morgan fingerprint density at radius 1 is 1.18 bits per heavy atom. The molecule has 2 N–H and O–H groups in total. The van der Waals surface area contributed by atoms with E-state index < -0.39 is 5.82 Å². The predicted molar refractivity (Wildman–Crippen MR) is 51.7 cm³/mol. The van der Waals surface area contributed by atoms with Crippen molar-refractivity contribution >= 4 is 53.5 Å². The van der Waals surface area contributed by atoms with Crippen molar-refractivity contribution in [2.24, 2.45) is 0 Å². The summed E-state index contributed by atoms with van der Waals surface area (Å²) in [4.78, 5) is 3.74. The van der Waals surface area contributed by atoms with Crippen LogP contribution in [-0.2, 0) is 0 Å². The minimum atomic E-state index is -0.495. The minimum absolute atomic E-state index is 0.130. The molecule has 6 heteroatoms. The van der Waals surface area contributed by atoms with Gasteiger partial charge in [-0.2, -0.15) is 0 Å². The van der Waals surface area contributed by atoms with Crippen LogP contribution in [0.2, 0.25) is 0 Å². The number of nitrogen functional groups attached to an aromatic ring is 1. The quantitative estimate of drug-likeness (QED) is 0.732. The summed E-state index contributed by atoms with van der Waals surface area (Å²) < 4.78 is 13.7. The predicted octanol–water partition coefficient (Wildman–Crippen LogP) is 3.09. The van der Waals surface area contributed by atoms with E-state index >= 15 is 0 Å². The molecule has 0 fully saturated rings. The van der Waals surface area contributed by atoms with Crippen molar-refractivity contribution in [2.45, 2.75) is 0 Å². The molecular formula is C5H2Br3FN2. The zero-order chi connectivity index (χ0) is 8.59. The molecule has 1 heterocycles. The SMILES string of the molecule is Nc1c(Br)nc(Br)c(F)c1Br.